The third-order valence-electron chi connectivity index (χ3n) is 6.78. The molecule has 0 spiro atoms. The van der Waals surface area contributed by atoms with Gasteiger partial charge in [0.1, 0.15) is 0 Å². The maximum absolute atomic E-state index is 13.5. The standard InChI is InChI=1S/C21H30N6O4/c1-14-15(2)27-17-18(22-20(27)26(14)13-16-5-4-10-31-16)23(3)21(29)25(19(17)28)7-6-24-8-11-30-12-9-24/h16H,4-13H2,1-3H3. The molecule has 2 saturated heterocycles. The van der Waals surface area contributed by atoms with Crippen LogP contribution in [0, 0.1) is 13.8 Å². The summed E-state index contributed by atoms with van der Waals surface area (Å²) in [4.78, 5) is 33.4. The van der Waals surface area contributed by atoms with Gasteiger partial charge in [-0.15, -0.1) is 0 Å². The molecule has 0 saturated carbocycles. The van der Waals surface area contributed by atoms with E-state index in [1.54, 1.807) is 7.05 Å². The molecule has 5 heterocycles. The zero-order valence-corrected chi connectivity index (χ0v) is 18.5. The normalized spacial score (nSPS) is 20.4. The van der Waals surface area contributed by atoms with Crippen molar-refractivity contribution in [2.75, 3.05) is 39.5 Å². The molecule has 1 atom stereocenters. The van der Waals surface area contributed by atoms with Gasteiger partial charge in [0.2, 0.25) is 5.78 Å². The molecule has 10 nitrogen and oxygen atoms in total. The fourth-order valence-corrected chi connectivity index (χ4v) is 4.79. The second-order valence-electron chi connectivity index (χ2n) is 8.59. The zero-order chi connectivity index (χ0) is 21.7. The van der Waals surface area contributed by atoms with E-state index in [2.05, 4.69) is 9.47 Å². The van der Waals surface area contributed by atoms with E-state index in [1.807, 2.05) is 18.2 Å². The molecule has 3 aromatic rings. The van der Waals surface area contributed by atoms with Crippen LogP contribution in [0.25, 0.3) is 16.9 Å². The van der Waals surface area contributed by atoms with Crippen molar-refractivity contribution in [1.29, 1.82) is 0 Å². The van der Waals surface area contributed by atoms with Crippen LogP contribution in [0.1, 0.15) is 24.2 Å². The highest BCUT2D eigenvalue weighted by atomic mass is 16.5. The molecule has 10 heteroatoms. The van der Waals surface area contributed by atoms with Gasteiger partial charge in [0, 0.05) is 51.2 Å². The van der Waals surface area contributed by atoms with Crippen molar-refractivity contribution in [3.63, 3.8) is 0 Å². The first-order chi connectivity index (χ1) is 15.0. The van der Waals surface area contributed by atoms with Gasteiger partial charge in [0.05, 0.1) is 25.9 Å². The number of aryl methyl sites for hydroxylation is 2. The number of imidazole rings is 2. The van der Waals surface area contributed by atoms with Crippen LogP contribution in [0.15, 0.2) is 9.59 Å². The van der Waals surface area contributed by atoms with Crippen molar-refractivity contribution in [3.05, 3.63) is 32.2 Å². The van der Waals surface area contributed by atoms with Gasteiger partial charge in [-0.1, -0.05) is 0 Å². The van der Waals surface area contributed by atoms with Crippen LogP contribution in [0.5, 0.6) is 0 Å². The van der Waals surface area contributed by atoms with Crippen molar-refractivity contribution in [1.82, 2.24) is 28.0 Å². The van der Waals surface area contributed by atoms with Gasteiger partial charge in [-0.25, -0.2) is 4.79 Å². The van der Waals surface area contributed by atoms with Crippen molar-refractivity contribution in [3.8, 4) is 0 Å². The first-order valence-electron chi connectivity index (χ1n) is 11.1. The smallest absolute Gasteiger partial charge is 0.332 e. The lowest BCUT2D eigenvalue weighted by atomic mass is 10.2. The molecule has 0 aliphatic carbocycles. The van der Waals surface area contributed by atoms with Crippen molar-refractivity contribution in [2.45, 2.75) is 45.9 Å². The Balaban J connectivity index is 1.61. The van der Waals surface area contributed by atoms with Crippen LogP contribution in [0.2, 0.25) is 0 Å². The van der Waals surface area contributed by atoms with Gasteiger partial charge < -0.3 is 14.0 Å². The molecule has 2 fully saturated rings. The van der Waals surface area contributed by atoms with Gasteiger partial charge in [-0.3, -0.25) is 23.2 Å². The van der Waals surface area contributed by atoms with Gasteiger partial charge in [0.25, 0.3) is 5.56 Å². The number of aromatic nitrogens is 5. The number of nitrogens with zero attached hydrogens (tertiary/aromatic N) is 6. The monoisotopic (exact) mass is 430 g/mol. The molecule has 5 rings (SSSR count). The summed E-state index contributed by atoms with van der Waals surface area (Å²) in [6.07, 6.45) is 2.25. The third-order valence-corrected chi connectivity index (χ3v) is 6.78. The van der Waals surface area contributed by atoms with Crippen LogP contribution < -0.4 is 11.2 Å². The van der Waals surface area contributed by atoms with Gasteiger partial charge in [0.15, 0.2) is 11.2 Å². The summed E-state index contributed by atoms with van der Waals surface area (Å²) in [5, 5.41) is 0. The SMILES string of the molecule is Cc1c(C)n2c3c(=O)n(CCN4CCOCC4)c(=O)n(C)c3nc2n1CC1CCCO1. The highest BCUT2D eigenvalue weighted by Crippen LogP contribution is 2.23. The van der Waals surface area contributed by atoms with Gasteiger partial charge >= 0.3 is 5.69 Å². The van der Waals surface area contributed by atoms with E-state index in [0.717, 1.165) is 43.9 Å². The Kier molecular flexibility index (Phi) is 5.23. The maximum Gasteiger partial charge on any atom is 0.332 e. The first-order valence-corrected chi connectivity index (χ1v) is 11.1. The minimum absolute atomic E-state index is 0.156. The second kappa shape index (κ2) is 7.92. The van der Waals surface area contributed by atoms with E-state index >= 15 is 0 Å². The number of hydrogen-bond donors (Lipinski definition) is 0. The lowest BCUT2D eigenvalue weighted by molar-refractivity contribution is 0.0361. The highest BCUT2D eigenvalue weighted by Gasteiger charge is 2.25. The van der Waals surface area contributed by atoms with Crippen LogP contribution in [0.4, 0.5) is 0 Å². The summed E-state index contributed by atoms with van der Waals surface area (Å²) in [5.41, 5.74) is 2.31. The first kappa shape index (κ1) is 20.5. The van der Waals surface area contributed by atoms with E-state index in [9.17, 15) is 9.59 Å². The number of hydrogen-bond acceptors (Lipinski definition) is 6. The highest BCUT2D eigenvalue weighted by molar-refractivity contribution is 5.76. The molecule has 0 N–H and O–H groups in total. The Morgan fingerprint density at radius 2 is 1.81 bits per heavy atom. The fourth-order valence-electron chi connectivity index (χ4n) is 4.79. The Bertz CT molecular complexity index is 1240. The average molecular weight is 431 g/mol. The molecule has 168 valence electrons. The second-order valence-corrected chi connectivity index (χ2v) is 8.59. The summed E-state index contributed by atoms with van der Waals surface area (Å²) in [6, 6.07) is 0. The molecular formula is C21H30N6O4. The average Bonchev–Trinajstić information content (AvgIpc) is 3.48. The van der Waals surface area contributed by atoms with E-state index in [1.165, 1.54) is 9.13 Å². The summed E-state index contributed by atoms with van der Waals surface area (Å²) in [6.45, 7) is 9.54. The fraction of sp³-hybridized carbons (Fsp3) is 0.667. The summed E-state index contributed by atoms with van der Waals surface area (Å²) in [7, 11) is 1.69. The predicted molar refractivity (Wildman–Crippen MR) is 116 cm³/mol. The summed E-state index contributed by atoms with van der Waals surface area (Å²) >= 11 is 0. The molecule has 1 unspecified atom stereocenters. The molecular weight excluding hydrogens is 400 g/mol. The van der Waals surface area contributed by atoms with Crippen LogP contribution in [-0.2, 0) is 29.6 Å². The number of rotatable bonds is 5. The predicted octanol–water partition coefficient (Wildman–Crippen LogP) is 0.277. The minimum atomic E-state index is -0.327. The zero-order valence-electron chi connectivity index (χ0n) is 18.5. The Morgan fingerprint density at radius 3 is 2.52 bits per heavy atom. The summed E-state index contributed by atoms with van der Waals surface area (Å²) < 4.78 is 18.1. The van der Waals surface area contributed by atoms with E-state index in [-0.39, 0.29) is 17.4 Å². The van der Waals surface area contributed by atoms with E-state index in [4.69, 9.17) is 14.5 Å². The van der Waals surface area contributed by atoms with Crippen molar-refractivity contribution < 1.29 is 9.47 Å². The van der Waals surface area contributed by atoms with Crippen LogP contribution in [-0.4, -0.2) is 73.5 Å². The van der Waals surface area contributed by atoms with Gasteiger partial charge in [-0.2, -0.15) is 4.98 Å². The maximum atomic E-state index is 13.5. The topological polar surface area (TPSA) is 87.9 Å². The quantitative estimate of drug-likeness (QED) is 0.578. The lowest BCUT2D eigenvalue weighted by Gasteiger charge is -2.26. The minimum Gasteiger partial charge on any atom is -0.379 e. The molecule has 0 aromatic carbocycles. The number of morpholine rings is 1. The molecule has 0 amide bonds. The number of fused-ring (bicyclic) bond motifs is 3. The van der Waals surface area contributed by atoms with Gasteiger partial charge in [-0.05, 0) is 26.7 Å². The number of ether oxygens (including phenoxy) is 2. The Hall–Kier alpha value is -2.43. The van der Waals surface area contributed by atoms with Crippen molar-refractivity contribution >= 4 is 16.9 Å². The summed E-state index contributed by atoms with van der Waals surface area (Å²) in [5.74, 6) is 0.693. The van der Waals surface area contributed by atoms with Crippen molar-refractivity contribution in [2.24, 2.45) is 7.05 Å². The van der Waals surface area contributed by atoms with Crippen LogP contribution in [0.3, 0.4) is 0 Å². The molecule has 0 radical (unpaired) electrons. The molecule has 2 aliphatic heterocycles. The van der Waals surface area contributed by atoms with E-state index < -0.39 is 0 Å². The van der Waals surface area contributed by atoms with Crippen LogP contribution >= 0.6 is 0 Å². The largest absolute Gasteiger partial charge is 0.379 e. The molecule has 3 aromatic heterocycles. The Morgan fingerprint density at radius 1 is 1.03 bits per heavy atom. The molecule has 2 aliphatic rings. The van der Waals surface area contributed by atoms with E-state index in [0.29, 0.717) is 49.8 Å². The molecule has 31 heavy (non-hydrogen) atoms. The Labute approximate surface area is 179 Å². The molecule has 0 bridgehead atoms. The third kappa shape index (κ3) is 3.33. The lowest BCUT2D eigenvalue weighted by Crippen LogP contribution is -2.44.